The first-order valence-electron chi connectivity index (χ1n) is 5.35. The fourth-order valence-corrected chi connectivity index (χ4v) is 1.25. The highest BCUT2D eigenvalue weighted by Crippen LogP contribution is 2.06. The van der Waals surface area contributed by atoms with Crippen molar-refractivity contribution in [2.24, 2.45) is 0 Å². The first kappa shape index (κ1) is 12.9. The summed E-state index contributed by atoms with van der Waals surface area (Å²) in [6.45, 7) is 4.62. The van der Waals surface area contributed by atoms with Crippen LogP contribution in [0.5, 0.6) is 0 Å². The average molecular weight is 234 g/mol. The number of ether oxygens (including phenoxy) is 1. The molecule has 90 valence electrons. The summed E-state index contributed by atoms with van der Waals surface area (Å²) < 4.78 is 4.85. The SMILES string of the molecule is CCOC(=O)CN(CC)c1nccc(C#N)n1. The van der Waals surface area contributed by atoms with Gasteiger partial charge >= 0.3 is 5.97 Å². The highest BCUT2D eigenvalue weighted by Gasteiger charge is 2.13. The van der Waals surface area contributed by atoms with Crippen LogP contribution in [-0.2, 0) is 9.53 Å². The van der Waals surface area contributed by atoms with Gasteiger partial charge in [-0.05, 0) is 19.9 Å². The van der Waals surface area contributed by atoms with Crippen LogP contribution in [0.15, 0.2) is 12.3 Å². The Bertz CT molecular complexity index is 428. The highest BCUT2D eigenvalue weighted by molar-refractivity contribution is 5.74. The van der Waals surface area contributed by atoms with Crippen LogP contribution in [-0.4, -0.2) is 35.6 Å². The minimum Gasteiger partial charge on any atom is -0.465 e. The monoisotopic (exact) mass is 234 g/mol. The Hall–Kier alpha value is -2.16. The number of esters is 1. The molecule has 1 heterocycles. The number of hydrogen-bond acceptors (Lipinski definition) is 6. The summed E-state index contributed by atoms with van der Waals surface area (Å²) in [5.41, 5.74) is 0.275. The normalized spacial score (nSPS) is 9.47. The number of hydrogen-bond donors (Lipinski definition) is 0. The third kappa shape index (κ3) is 3.72. The van der Waals surface area contributed by atoms with Crippen LogP contribution in [0, 0.1) is 11.3 Å². The first-order valence-corrected chi connectivity index (χ1v) is 5.35. The number of likely N-dealkylation sites (N-methyl/N-ethyl adjacent to an activating group) is 1. The zero-order chi connectivity index (χ0) is 12.7. The van der Waals surface area contributed by atoms with Gasteiger partial charge in [0.25, 0.3) is 0 Å². The summed E-state index contributed by atoms with van der Waals surface area (Å²) >= 11 is 0. The summed E-state index contributed by atoms with van der Waals surface area (Å²) in [5.74, 6) is 0.0277. The summed E-state index contributed by atoms with van der Waals surface area (Å²) in [5, 5.41) is 8.73. The Balaban J connectivity index is 2.79. The second kappa shape index (κ2) is 6.43. The van der Waals surface area contributed by atoms with Gasteiger partial charge in [0.2, 0.25) is 5.95 Å². The van der Waals surface area contributed by atoms with Crippen molar-refractivity contribution in [1.29, 1.82) is 5.26 Å². The molecule has 0 spiro atoms. The molecule has 6 heteroatoms. The lowest BCUT2D eigenvalue weighted by atomic mass is 10.4. The van der Waals surface area contributed by atoms with Gasteiger partial charge in [-0.3, -0.25) is 4.79 Å². The number of carbonyl (C=O) groups excluding carboxylic acids is 1. The van der Waals surface area contributed by atoms with E-state index in [0.29, 0.717) is 19.1 Å². The number of carbonyl (C=O) groups is 1. The second-order valence-corrected chi connectivity index (χ2v) is 3.17. The number of rotatable bonds is 5. The van der Waals surface area contributed by atoms with E-state index in [-0.39, 0.29) is 18.2 Å². The maximum Gasteiger partial charge on any atom is 0.325 e. The fourth-order valence-electron chi connectivity index (χ4n) is 1.25. The van der Waals surface area contributed by atoms with Crippen molar-refractivity contribution in [1.82, 2.24) is 9.97 Å². The summed E-state index contributed by atoms with van der Waals surface area (Å²) in [6, 6.07) is 3.45. The van der Waals surface area contributed by atoms with E-state index in [9.17, 15) is 4.79 Å². The van der Waals surface area contributed by atoms with Gasteiger partial charge in [-0.15, -0.1) is 0 Å². The first-order chi connectivity index (χ1) is 8.21. The fraction of sp³-hybridized carbons (Fsp3) is 0.455. The summed E-state index contributed by atoms with van der Waals surface area (Å²) in [6.07, 6.45) is 1.49. The molecule has 0 unspecified atom stereocenters. The summed E-state index contributed by atoms with van der Waals surface area (Å²) in [4.78, 5) is 21.1. The van der Waals surface area contributed by atoms with E-state index in [1.165, 1.54) is 12.3 Å². The van der Waals surface area contributed by atoms with E-state index in [1.54, 1.807) is 11.8 Å². The number of nitrogens with zero attached hydrogens (tertiary/aromatic N) is 4. The van der Waals surface area contributed by atoms with Gasteiger partial charge in [0.15, 0.2) is 0 Å². The highest BCUT2D eigenvalue weighted by atomic mass is 16.5. The molecule has 0 aliphatic carbocycles. The molecular weight excluding hydrogens is 220 g/mol. The molecular formula is C11H14N4O2. The van der Waals surface area contributed by atoms with E-state index < -0.39 is 0 Å². The Morgan fingerprint density at radius 1 is 1.59 bits per heavy atom. The van der Waals surface area contributed by atoms with E-state index in [2.05, 4.69) is 9.97 Å². The molecule has 0 fully saturated rings. The molecule has 0 aromatic carbocycles. The predicted molar refractivity (Wildman–Crippen MR) is 61.3 cm³/mol. The molecule has 0 bridgehead atoms. The third-order valence-electron chi connectivity index (χ3n) is 2.05. The number of aromatic nitrogens is 2. The molecule has 17 heavy (non-hydrogen) atoms. The van der Waals surface area contributed by atoms with Crippen LogP contribution in [0.3, 0.4) is 0 Å². The van der Waals surface area contributed by atoms with Crippen LogP contribution in [0.25, 0.3) is 0 Å². The van der Waals surface area contributed by atoms with Crippen molar-refractivity contribution in [3.63, 3.8) is 0 Å². The van der Waals surface area contributed by atoms with Gasteiger partial charge in [-0.1, -0.05) is 0 Å². The van der Waals surface area contributed by atoms with E-state index in [4.69, 9.17) is 10.00 Å². The van der Waals surface area contributed by atoms with Gasteiger partial charge < -0.3 is 9.64 Å². The van der Waals surface area contributed by atoms with Crippen LogP contribution in [0.2, 0.25) is 0 Å². The molecule has 0 saturated carbocycles. The minimum atomic E-state index is -0.333. The molecule has 0 amide bonds. The lowest BCUT2D eigenvalue weighted by Crippen LogP contribution is -2.32. The van der Waals surface area contributed by atoms with Gasteiger partial charge in [-0.2, -0.15) is 5.26 Å². The van der Waals surface area contributed by atoms with Crippen LogP contribution < -0.4 is 4.90 Å². The quantitative estimate of drug-likeness (QED) is 0.699. The Morgan fingerprint density at radius 2 is 2.35 bits per heavy atom. The largest absolute Gasteiger partial charge is 0.465 e. The van der Waals surface area contributed by atoms with Gasteiger partial charge in [0.1, 0.15) is 18.3 Å². The standard InChI is InChI=1S/C11H14N4O2/c1-3-15(8-10(16)17-4-2)11-13-6-5-9(7-12)14-11/h5-6H,3-4,8H2,1-2H3. The average Bonchev–Trinajstić information content (AvgIpc) is 2.36. The second-order valence-electron chi connectivity index (χ2n) is 3.17. The van der Waals surface area contributed by atoms with E-state index in [1.807, 2.05) is 13.0 Å². The third-order valence-corrected chi connectivity index (χ3v) is 2.05. The van der Waals surface area contributed by atoms with Gasteiger partial charge in [0.05, 0.1) is 6.61 Å². The lowest BCUT2D eigenvalue weighted by Gasteiger charge is -2.19. The van der Waals surface area contributed by atoms with Crippen molar-refractivity contribution >= 4 is 11.9 Å². The van der Waals surface area contributed by atoms with Crippen LogP contribution in [0.4, 0.5) is 5.95 Å². The molecule has 0 aliphatic rings. The molecule has 1 aromatic rings. The molecule has 1 rings (SSSR count). The zero-order valence-corrected chi connectivity index (χ0v) is 9.88. The van der Waals surface area contributed by atoms with E-state index >= 15 is 0 Å². The van der Waals surface area contributed by atoms with Crippen LogP contribution >= 0.6 is 0 Å². The van der Waals surface area contributed by atoms with Crippen molar-refractivity contribution in [2.75, 3.05) is 24.6 Å². The Morgan fingerprint density at radius 3 is 2.94 bits per heavy atom. The van der Waals surface area contributed by atoms with Crippen molar-refractivity contribution < 1.29 is 9.53 Å². The molecule has 0 N–H and O–H groups in total. The molecule has 0 saturated heterocycles. The predicted octanol–water partition coefficient (Wildman–Crippen LogP) is 0.738. The van der Waals surface area contributed by atoms with Gasteiger partial charge in [0, 0.05) is 12.7 Å². The molecule has 0 atom stereocenters. The van der Waals surface area contributed by atoms with Gasteiger partial charge in [-0.25, -0.2) is 9.97 Å². The van der Waals surface area contributed by atoms with Crippen molar-refractivity contribution in [3.05, 3.63) is 18.0 Å². The minimum absolute atomic E-state index is 0.0826. The molecule has 1 aromatic heterocycles. The maximum absolute atomic E-state index is 11.4. The smallest absolute Gasteiger partial charge is 0.325 e. The van der Waals surface area contributed by atoms with Crippen LogP contribution in [0.1, 0.15) is 19.5 Å². The van der Waals surface area contributed by atoms with Crippen molar-refractivity contribution in [3.8, 4) is 6.07 Å². The topological polar surface area (TPSA) is 79.1 Å². The van der Waals surface area contributed by atoms with E-state index in [0.717, 1.165) is 0 Å². The molecule has 0 aliphatic heterocycles. The summed E-state index contributed by atoms with van der Waals surface area (Å²) in [7, 11) is 0. The molecule has 6 nitrogen and oxygen atoms in total. The zero-order valence-electron chi connectivity index (χ0n) is 9.88. The maximum atomic E-state index is 11.4. The number of nitriles is 1. The van der Waals surface area contributed by atoms with Crippen molar-refractivity contribution in [2.45, 2.75) is 13.8 Å². The number of anilines is 1. The Kier molecular flexibility index (Phi) is 4.88. The lowest BCUT2D eigenvalue weighted by molar-refractivity contribution is -0.141. The molecule has 0 radical (unpaired) electrons. The Labute approximate surface area is 99.9 Å².